The molecule has 0 aliphatic carbocycles. The number of nitrogens with two attached hydrogens (primary N) is 1. The number of H-pyrrole nitrogens is 2. The predicted molar refractivity (Wildman–Crippen MR) is 152 cm³/mol. The van der Waals surface area contributed by atoms with E-state index in [2.05, 4.69) is 25.9 Å². The first-order valence-electron chi connectivity index (χ1n) is 13.1. The number of amides is 3. The van der Waals surface area contributed by atoms with Gasteiger partial charge >= 0.3 is 11.1 Å². The maximum Gasteiger partial charge on any atom is 0.314 e. The number of benzene rings is 2. The summed E-state index contributed by atoms with van der Waals surface area (Å²) in [5.41, 5.74) is 6.18. The van der Waals surface area contributed by atoms with E-state index in [9.17, 15) is 24.0 Å². The summed E-state index contributed by atoms with van der Waals surface area (Å²) in [6.07, 6.45) is 0.301. The highest BCUT2D eigenvalue weighted by Gasteiger charge is 2.27. The van der Waals surface area contributed by atoms with Gasteiger partial charge < -0.3 is 41.0 Å². The number of carbonyl (C=O) groups excluding carboxylic acids is 3. The SMILES string of the molecule is NCC[C@@H](NC(=O)c1ccc(-c2cccc(NC(=O)c3ccc4[nH]c(=O)c(=O)[nH]c4c3)c2)o1)C(=O)N1CCNCC1. The molecule has 212 valence electrons. The Hall–Kier alpha value is -5.01. The second-order valence-electron chi connectivity index (χ2n) is 9.55. The van der Waals surface area contributed by atoms with Crippen LogP contribution in [-0.4, -0.2) is 71.4 Å². The molecule has 4 aromatic rings. The van der Waals surface area contributed by atoms with Crippen molar-refractivity contribution >= 4 is 34.4 Å². The van der Waals surface area contributed by atoms with Crippen molar-refractivity contribution < 1.29 is 18.8 Å². The highest BCUT2D eigenvalue weighted by Crippen LogP contribution is 2.25. The van der Waals surface area contributed by atoms with E-state index in [1.807, 2.05) is 0 Å². The zero-order valence-electron chi connectivity index (χ0n) is 22.0. The van der Waals surface area contributed by atoms with Crippen molar-refractivity contribution in [2.45, 2.75) is 12.5 Å². The van der Waals surface area contributed by atoms with Gasteiger partial charge in [-0.1, -0.05) is 12.1 Å². The van der Waals surface area contributed by atoms with Gasteiger partial charge in [-0.2, -0.15) is 0 Å². The summed E-state index contributed by atoms with van der Waals surface area (Å²) < 4.78 is 5.80. The van der Waals surface area contributed by atoms with Crippen molar-refractivity contribution in [2.24, 2.45) is 5.73 Å². The number of fused-ring (bicyclic) bond motifs is 1. The first kappa shape index (κ1) is 27.6. The van der Waals surface area contributed by atoms with Crippen molar-refractivity contribution in [1.82, 2.24) is 25.5 Å². The lowest BCUT2D eigenvalue weighted by molar-refractivity contribution is -0.133. The maximum absolute atomic E-state index is 12.9. The Kier molecular flexibility index (Phi) is 8.08. The number of aromatic nitrogens is 2. The van der Waals surface area contributed by atoms with Crippen LogP contribution in [0.15, 0.2) is 68.6 Å². The van der Waals surface area contributed by atoms with Crippen molar-refractivity contribution in [1.29, 1.82) is 0 Å². The Morgan fingerprint density at radius 3 is 2.44 bits per heavy atom. The van der Waals surface area contributed by atoms with Gasteiger partial charge in [-0.25, -0.2) is 0 Å². The molecule has 0 unspecified atom stereocenters. The third kappa shape index (κ3) is 6.26. The molecule has 1 aliphatic rings. The van der Waals surface area contributed by atoms with Gasteiger partial charge in [-0.05, 0) is 55.4 Å². The van der Waals surface area contributed by atoms with E-state index < -0.39 is 29.0 Å². The number of aromatic amines is 2. The van der Waals surface area contributed by atoms with Crippen LogP contribution in [0.5, 0.6) is 0 Å². The van der Waals surface area contributed by atoms with Gasteiger partial charge in [0.1, 0.15) is 11.8 Å². The summed E-state index contributed by atoms with van der Waals surface area (Å²) >= 11 is 0. The lowest BCUT2D eigenvalue weighted by Gasteiger charge is -2.31. The number of carbonyl (C=O) groups is 3. The van der Waals surface area contributed by atoms with Gasteiger partial charge in [-0.3, -0.25) is 24.0 Å². The molecule has 3 heterocycles. The molecule has 41 heavy (non-hydrogen) atoms. The molecule has 1 aliphatic heterocycles. The average molecular weight is 560 g/mol. The van der Waals surface area contributed by atoms with E-state index in [1.165, 1.54) is 24.3 Å². The molecule has 2 aromatic heterocycles. The molecule has 7 N–H and O–H groups in total. The van der Waals surface area contributed by atoms with E-state index in [-0.39, 0.29) is 23.8 Å². The Labute approximate surface area is 233 Å². The molecule has 3 amide bonds. The van der Waals surface area contributed by atoms with Crippen molar-refractivity contribution in [2.75, 3.05) is 38.0 Å². The fourth-order valence-corrected chi connectivity index (χ4v) is 4.58. The predicted octanol–water partition coefficient (Wildman–Crippen LogP) is 0.608. The molecule has 0 bridgehead atoms. The van der Waals surface area contributed by atoms with Gasteiger partial charge in [0.05, 0.1) is 11.0 Å². The zero-order valence-corrected chi connectivity index (χ0v) is 22.0. The van der Waals surface area contributed by atoms with Gasteiger partial charge in [0, 0.05) is 43.0 Å². The third-order valence-corrected chi connectivity index (χ3v) is 6.71. The molecular weight excluding hydrogens is 530 g/mol. The zero-order chi connectivity index (χ0) is 28.9. The number of nitrogens with zero attached hydrogens (tertiary/aromatic N) is 1. The molecule has 2 aromatic carbocycles. The molecule has 1 atom stereocenters. The Balaban J connectivity index is 1.27. The van der Waals surface area contributed by atoms with Crippen LogP contribution in [0.2, 0.25) is 0 Å². The number of hydrogen-bond acceptors (Lipinski definition) is 8. The van der Waals surface area contributed by atoms with Crippen LogP contribution in [0.25, 0.3) is 22.4 Å². The number of anilines is 1. The van der Waals surface area contributed by atoms with E-state index in [4.69, 9.17) is 10.2 Å². The molecule has 0 radical (unpaired) electrons. The van der Waals surface area contributed by atoms with Crippen LogP contribution in [0.4, 0.5) is 5.69 Å². The van der Waals surface area contributed by atoms with Crippen LogP contribution in [0.1, 0.15) is 27.3 Å². The summed E-state index contributed by atoms with van der Waals surface area (Å²) in [5.74, 6) is -0.712. The van der Waals surface area contributed by atoms with Crippen molar-refractivity contribution in [3.63, 3.8) is 0 Å². The summed E-state index contributed by atoms with van der Waals surface area (Å²) in [6, 6.07) is 13.8. The summed E-state index contributed by atoms with van der Waals surface area (Å²) in [7, 11) is 0. The molecular formula is C28H29N7O6. The van der Waals surface area contributed by atoms with Crippen LogP contribution >= 0.6 is 0 Å². The number of nitrogens with one attached hydrogen (secondary N) is 5. The smallest absolute Gasteiger partial charge is 0.314 e. The Bertz CT molecular complexity index is 1720. The van der Waals surface area contributed by atoms with Crippen molar-refractivity contribution in [3.8, 4) is 11.3 Å². The highest BCUT2D eigenvalue weighted by molar-refractivity contribution is 6.06. The molecule has 1 fully saturated rings. The minimum atomic E-state index is -0.810. The summed E-state index contributed by atoms with van der Waals surface area (Å²) in [6.45, 7) is 2.76. The second kappa shape index (κ2) is 12.0. The van der Waals surface area contributed by atoms with Gasteiger partial charge in [0.2, 0.25) is 5.91 Å². The highest BCUT2D eigenvalue weighted by atomic mass is 16.4. The Morgan fingerprint density at radius 2 is 1.68 bits per heavy atom. The van der Waals surface area contributed by atoms with E-state index >= 15 is 0 Å². The van der Waals surface area contributed by atoms with Crippen LogP contribution in [0, 0.1) is 0 Å². The fourth-order valence-electron chi connectivity index (χ4n) is 4.58. The molecule has 13 nitrogen and oxygen atoms in total. The van der Waals surface area contributed by atoms with Crippen molar-refractivity contribution in [3.05, 3.63) is 86.6 Å². The normalized spacial score (nSPS) is 14.0. The number of rotatable bonds is 8. The van der Waals surface area contributed by atoms with Crippen LogP contribution < -0.4 is 32.8 Å². The number of piperazine rings is 1. The lowest BCUT2D eigenvalue weighted by Crippen LogP contribution is -2.54. The number of hydrogen-bond donors (Lipinski definition) is 6. The van der Waals surface area contributed by atoms with E-state index in [1.54, 1.807) is 35.2 Å². The quantitative estimate of drug-likeness (QED) is 0.169. The summed E-state index contributed by atoms with van der Waals surface area (Å²) in [5, 5.41) is 8.73. The maximum atomic E-state index is 12.9. The van der Waals surface area contributed by atoms with Crippen LogP contribution in [0.3, 0.4) is 0 Å². The molecule has 0 saturated carbocycles. The topological polar surface area (TPSA) is 195 Å². The van der Waals surface area contributed by atoms with E-state index in [0.29, 0.717) is 60.6 Å². The standard InChI is InChI=1S/C28H29N7O6/c29-9-8-20(28(40)35-12-10-30-11-13-35)33-25(37)23-7-6-22(41-23)16-2-1-3-18(14-16)31-24(36)17-4-5-19-21(15-17)34-27(39)26(38)32-19/h1-7,14-15,20,30H,8-13,29H2,(H,31,36)(H,32,38)(H,33,37)(H,34,39)/t20-/m1/s1. The molecule has 0 spiro atoms. The van der Waals surface area contributed by atoms with Gasteiger partial charge in [0.15, 0.2) is 5.76 Å². The summed E-state index contributed by atoms with van der Waals surface area (Å²) in [4.78, 5) is 68.5. The second-order valence-corrected chi connectivity index (χ2v) is 9.55. The molecule has 13 heteroatoms. The first-order chi connectivity index (χ1) is 19.8. The molecule has 5 rings (SSSR count). The number of furan rings is 1. The van der Waals surface area contributed by atoms with Crippen LogP contribution in [-0.2, 0) is 4.79 Å². The molecule has 1 saturated heterocycles. The average Bonchev–Trinajstić information content (AvgIpc) is 3.48. The first-order valence-corrected chi connectivity index (χ1v) is 13.1. The van der Waals surface area contributed by atoms with E-state index in [0.717, 1.165) is 0 Å². The minimum absolute atomic E-state index is 0.0350. The monoisotopic (exact) mass is 559 g/mol. The lowest BCUT2D eigenvalue weighted by atomic mass is 10.1. The van der Waals surface area contributed by atoms with Gasteiger partial charge in [-0.15, -0.1) is 0 Å². The largest absolute Gasteiger partial charge is 0.451 e. The van der Waals surface area contributed by atoms with Gasteiger partial charge in [0.25, 0.3) is 11.8 Å². The Morgan fingerprint density at radius 1 is 0.927 bits per heavy atom. The third-order valence-electron chi connectivity index (χ3n) is 6.71. The minimum Gasteiger partial charge on any atom is -0.451 e. The fraction of sp³-hybridized carbons (Fsp3) is 0.250.